The van der Waals surface area contributed by atoms with Crippen LogP contribution >= 0.6 is 23.2 Å². The van der Waals surface area contributed by atoms with Gasteiger partial charge in [0.1, 0.15) is 5.75 Å². The first-order chi connectivity index (χ1) is 7.70. The number of hydrogen-bond acceptors (Lipinski definition) is 2. The van der Waals surface area contributed by atoms with Crippen molar-refractivity contribution in [3.05, 3.63) is 30.3 Å². The van der Waals surface area contributed by atoms with Crippen LogP contribution in [0.4, 0.5) is 0 Å². The second kappa shape index (κ2) is 10.8. The molecule has 0 heterocycles. The number of carbonyl (C=O) groups is 1. The Labute approximate surface area is 107 Å². The molecule has 4 heteroatoms. The van der Waals surface area contributed by atoms with Crippen LogP contribution in [-0.4, -0.2) is 17.7 Å². The molecular formula is C12H16Cl2O2. The molecule has 0 aliphatic heterocycles. The number of carbonyl (C=O) groups excluding carboxylic acids is 1. The standard InChI is InChI=1S/C10H14O.C2H2Cl2O/c1-2-3-9-11-10-7-5-4-6-8-10;3-1-2(4)5/h4-8H,2-3,9H2,1H3;1H2. The van der Waals surface area contributed by atoms with E-state index in [1.807, 2.05) is 30.3 Å². The summed E-state index contributed by atoms with van der Waals surface area (Å²) in [5.41, 5.74) is 0. The zero-order valence-corrected chi connectivity index (χ0v) is 10.8. The van der Waals surface area contributed by atoms with Crippen LogP contribution in [0.1, 0.15) is 19.8 Å². The SMILES string of the molecule is CCCCOc1ccccc1.O=C(Cl)CCl. The highest BCUT2D eigenvalue weighted by molar-refractivity contribution is 6.67. The summed E-state index contributed by atoms with van der Waals surface area (Å²) in [6, 6.07) is 9.93. The third-order valence-corrected chi connectivity index (χ3v) is 2.13. The highest BCUT2D eigenvalue weighted by Crippen LogP contribution is 2.08. The Hall–Kier alpha value is -0.730. The van der Waals surface area contributed by atoms with E-state index in [2.05, 4.69) is 6.92 Å². The fourth-order valence-corrected chi connectivity index (χ4v) is 0.851. The van der Waals surface area contributed by atoms with Crippen molar-refractivity contribution in [1.29, 1.82) is 0 Å². The van der Waals surface area contributed by atoms with E-state index in [9.17, 15) is 4.79 Å². The Morgan fingerprint density at radius 2 is 1.88 bits per heavy atom. The second-order valence-corrected chi connectivity index (χ2v) is 3.69. The van der Waals surface area contributed by atoms with Crippen LogP contribution in [0.15, 0.2) is 30.3 Å². The van der Waals surface area contributed by atoms with Gasteiger partial charge in [-0.1, -0.05) is 31.5 Å². The molecule has 0 aliphatic rings. The summed E-state index contributed by atoms with van der Waals surface area (Å²) < 4.78 is 5.45. The molecule has 1 aromatic carbocycles. The summed E-state index contributed by atoms with van der Waals surface area (Å²) >= 11 is 9.55. The number of alkyl halides is 1. The van der Waals surface area contributed by atoms with Gasteiger partial charge in [-0.3, -0.25) is 4.79 Å². The predicted molar refractivity (Wildman–Crippen MR) is 68.4 cm³/mol. The Morgan fingerprint density at radius 3 is 2.31 bits per heavy atom. The van der Waals surface area contributed by atoms with Crippen molar-refractivity contribution in [3.63, 3.8) is 0 Å². The molecule has 0 fully saturated rings. The maximum Gasteiger partial charge on any atom is 0.236 e. The van der Waals surface area contributed by atoms with E-state index in [0.717, 1.165) is 18.8 Å². The third-order valence-electron chi connectivity index (χ3n) is 1.61. The molecule has 0 unspecified atom stereocenters. The molecule has 90 valence electrons. The summed E-state index contributed by atoms with van der Waals surface area (Å²) in [5, 5.41) is -0.508. The van der Waals surface area contributed by atoms with Gasteiger partial charge < -0.3 is 4.74 Å². The Balaban J connectivity index is 0.000000385. The summed E-state index contributed by atoms with van der Waals surface area (Å²) in [7, 11) is 0. The van der Waals surface area contributed by atoms with Crippen LogP contribution in [0.5, 0.6) is 5.75 Å². The van der Waals surface area contributed by atoms with Crippen LogP contribution in [0.25, 0.3) is 0 Å². The Morgan fingerprint density at radius 1 is 1.31 bits per heavy atom. The zero-order chi connectivity index (χ0) is 12.2. The van der Waals surface area contributed by atoms with E-state index < -0.39 is 5.24 Å². The lowest BCUT2D eigenvalue weighted by atomic mass is 10.3. The van der Waals surface area contributed by atoms with Gasteiger partial charge >= 0.3 is 0 Å². The van der Waals surface area contributed by atoms with Crippen molar-refractivity contribution in [2.24, 2.45) is 0 Å². The van der Waals surface area contributed by atoms with Crippen molar-refractivity contribution in [2.75, 3.05) is 12.5 Å². The third kappa shape index (κ3) is 9.81. The number of benzene rings is 1. The monoisotopic (exact) mass is 262 g/mol. The average Bonchev–Trinajstić information content (AvgIpc) is 2.31. The van der Waals surface area contributed by atoms with E-state index in [1.54, 1.807) is 0 Å². The van der Waals surface area contributed by atoms with E-state index in [0.29, 0.717) is 0 Å². The van der Waals surface area contributed by atoms with Crippen LogP contribution in [0.2, 0.25) is 0 Å². The second-order valence-electron chi connectivity index (χ2n) is 3.00. The first kappa shape index (κ1) is 15.3. The highest BCUT2D eigenvalue weighted by Gasteiger charge is 1.88. The number of unbranched alkanes of at least 4 members (excludes halogenated alkanes) is 1. The number of halogens is 2. The summed E-state index contributed by atoms with van der Waals surface area (Å²) in [6.45, 7) is 2.99. The molecular weight excluding hydrogens is 247 g/mol. The van der Waals surface area contributed by atoms with Gasteiger partial charge in [0.25, 0.3) is 0 Å². The van der Waals surface area contributed by atoms with Crippen LogP contribution < -0.4 is 4.74 Å². The number of rotatable bonds is 5. The molecule has 0 bridgehead atoms. The molecule has 1 aromatic rings. The highest BCUT2D eigenvalue weighted by atomic mass is 35.5. The minimum absolute atomic E-state index is 0.0957. The maximum atomic E-state index is 9.45. The van der Waals surface area contributed by atoms with Gasteiger partial charge in [0.2, 0.25) is 5.24 Å². The molecule has 2 nitrogen and oxygen atoms in total. The van der Waals surface area contributed by atoms with Crippen molar-refractivity contribution in [1.82, 2.24) is 0 Å². The van der Waals surface area contributed by atoms with Gasteiger partial charge in [-0.25, -0.2) is 0 Å². The van der Waals surface area contributed by atoms with Crippen molar-refractivity contribution in [2.45, 2.75) is 19.8 Å². The number of hydrogen-bond donors (Lipinski definition) is 0. The predicted octanol–water partition coefficient (Wildman–Crippen LogP) is 3.86. The molecule has 0 saturated carbocycles. The molecule has 0 aliphatic carbocycles. The molecule has 0 saturated heterocycles. The largest absolute Gasteiger partial charge is 0.494 e. The van der Waals surface area contributed by atoms with Crippen molar-refractivity contribution >= 4 is 28.4 Å². The molecule has 0 radical (unpaired) electrons. The van der Waals surface area contributed by atoms with Gasteiger partial charge in [0, 0.05) is 0 Å². The maximum absolute atomic E-state index is 9.45. The van der Waals surface area contributed by atoms with Gasteiger partial charge in [-0.2, -0.15) is 0 Å². The Kier molecular flexibility index (Phi) is 10.3. The van der Waals surface area contributed by atoms with Gasteiger partial charge in [0.05, 0.1) is 12.5 Å². The Bertz CT molecular complexity index is 276. The van der Waals surface area contributed by atoms with Gasteiger partial charge in [0.15, 0.2) is 0 Å². The van der Waals surface area contributed by atoms with Gasteiger partial charge in [-0.05, 0) is 30.2 Å². The van der Waals surface area contributed by atoms with Crippen molar-refractivity contribution < 1.29 is 9.53 Å². The lowest BCUT2D eigenvalue weighted by Crippen LogP contribution is -1.95. The topological polar surface area (TPSA) is 26.3 Å². The summed E-state index contributed by atoms with van der Waals surface area (Å²) in [6.07, 6.45) is 2.32. The smallest absolute Gasteiger partial charge is 0.236 e. The molecule has 0 amide bonds. The van der Waals surface area contributed by atoms with Crippen LogP contribution in [-0.2, 0) is 4.79 Å². The molecule has 0 N–H and O–H groups in total. The quantitative estimate of drug-likeness (QED) is 0.458. The fraction of sp³-hybridized carbons (Fsp3) is 0.417. The van der Waals surface area contributed by atoms with Crippen LogP contribution in [0, 0.1) is 0 Å². The number of para-hydroxylation sites is 1. The van der Waals surface area contributed by atoms with E-state index in [1.165, 1.54) is 6.42 Å². The molecule has 0 spiro atoms. The fourth-order valence-electron chi connectivity index (χ4n) is 0.851. The molecule has 0 aromatic heterocycles. The minimum Gasteiger partial charge on any atom is -0.494 e. The minimum atomic E-state index is -0.508. The van der Waals surface area contributed by atoms with E-state index in [-0.39, 0.29) is 5.88 Å². The molecule has 0 atom stereocenters. The van der Waals surface area contributed by atoms with Gasteiger partial charge in [-0.15, -0.1) is 11.6 Å². The average molecular weight is 263 g/mol. The van der Waals surface area contributed by atoms with E-state index in [4.69, 9.17) is 27.9 Å². The first-order valence-electron chi connectivity index (χ1n) is 5.12. The number of ether oxygens (including phenoxy) is 1. The molecule has 1 rings (SSSR count). The van der Waals surface area contributed by atoms with Crippen molar-refractivity contribution in [3.8, 4) is 5.75 Å². The zero-order valence-electron chi connectivity index (χ0n) is 9.29. The van der Waals surface area contributed by atoms with Crippen LogP contribution in [0.3, 0.4) is 0 Å². The lowest BCUT2D eigenvalue weighted by Gasteiger charge is -2.03. The lowest BCUT2D eigenvalue weighted by molar-refractivity contribution is -0.109. The van der Waals surface area contributed by atoms with E-state index >= 15 is 0 Å². The molecule has 16 heavy (non-hydrogen) atoms. The summed E-state index contributed by atoms with van der Waals surface area (Å²) in [5.74, 6) is 0.877. The first-order valence-corrected chi connectivity index (χ1v) is 6.04. The summed E-state index contributed by atoms with van der Waals surface area (Å²) in [4.78, 5) is 9.45. The normalized spacial score (nSPS) is 8.94.